The molecule has 1 unspecified atom stereocenters. The highest BCUT2D eigenvalue weighted by molar-refractivity contribution is 5.09. The number of likely N-dealkylation sites (tertiary alicyclic amines) is 2. The number of piperidine rings is 1. The number of pyridine rings is 1. The third-order valence-corrected chi connectivity index (χ3v) is 4.49. The molecular formula is C15H24N4. The topological polar surface area (TPSA) is 45.4 Å². The van der Waals surface area contributed by atoms with E-state index >= 15 is 0 Å². The van der Waals surface area contributed by atoms with Gasteiger partial charge in [-0.3, -0.25) is 14.8 Å². The highest BCUT2D eigenvalue weighted by atomic mass is 15.3. The largest absolute Gasteiger partial charge is 0.328 e. The van der Waals surface area contributed by atoms with Crippen LogP contribution in [0, 0.1) is 0 Å². The Morgan fingerprint density at radius 2 is 1.84 bits per heavy atom. The highest BCUT2D eigenvalue weighted by Crippen LogP contribution is 2.21. The van der Waals surface area contributed by atoms with Crippen molar-refractivity contribution in [1.82, 2.24) is 14.8 Å². The van der Waals surface area contributed by atoms with Crippen LogP contribution in [-0.4, -0.2) is 53.0 Å². The molecule has 0 amide bonds. The minimum absolute atomic E-state index is 0.436. The SMILES string of the molecule is NC1CCN(C2CCN(Cc3ccncc3)C2)CC1. The molecule has 4 nitrogen and oxygen atoms in total. The Hall–Kier alpha value is -0.970. The molecule has 0 aromatic carbocycles. The smallest absolute Gasteiger partial charge is 0.0271 e. The van der Waals surface area contributed by atoms with Crippen LogP contribution in [0.3, 0.4) is 0 Å². The first kappa shape index (κ1) is 13.0. The second-order valence-electron chi connectivity index (χ2n) is 5.91. The van der Waals surface area contributed by atoms with E-state index in [1.807, 2.05) is 12.4 Å². The number of nitrogens with zero attached hydrogens (tertiary/aromatic N) is 3. The van der Waals surface area contributed by atoms with Crippen LogP contribution < -0.4 is 5.73 Å². The summed E-state index contributed by atoms with van der Waals surface area (Å²) in [6, 6.07) is 5.42. The summed E-state index contributed by atoms with van der Waals surface area (Å²) < 4.78 is 0. The van der Waals surface area contributed by atoms with E-state index in [0.717, 1.165) is 12.6 Å². The molecule has 0 spiro atoms. The Morgan fingerprint density at radius 3 is 2.58 bits per heavy atom. The fourth-order valence-corrected chi connectivity index (χ4v) is 3.28. The van der Waals surface area contributed by atoms with Crippen molar-refractivity contribution < 1.29 is 0 Å². The first-order valence-electron chi connectivity index (χ1n) is 7.42. The highest BCUT2D eigenvalue weighted by Gasteiger charge is 2.29. The van der Waals surface area contributed by atoms with Crippen LogP contribution in [0.4, 0.5) is 0 Å². The maximum absolute atomic E-state index is 5.98. The van der Waals surface area contributed by atoms with E-state index in [0.29, 0.717) is 6.04 Å². The van der Waals surface area contributed by atoms with Crippen molar-refractivity contribution >= 4 is 0 Å². The van der Waals surface area contributed by atoms with Crippen LogP contribution in [-0.2, 0) is 6.54 Å². The second kappa shape index (κ2) is 5.99. The van der Waals surface area contributed by atoms with Gasteiger partial charge in [0.2, 0.25) is 0 Å². The average Bonchev–Trinajstić information content (AvgIpc) is 2.89. The average molecular weight is 260 g/mol. The summed E-state index contributed by atoms with van der Waals surface area (Å²) in [5.41, 5.74) is 7.35. The summed E-state index contributed by atoms with van der Waals surface area (Å²) in [7, 11) is 0. The molecule has 2 saturated heterocycles. The minimum Gasteiger partial charge on any atom is -0.328 e. The van der Waals surface area contributed by atoms with Gasteiger partial charge < -0.3 is 5.73 Å². The van der Waals surface area contributed by atoms with Gasteiger partial charge in [0.15, 0.2) is 0 Å². The van der Waals surface area contributed by atoms with Crippen LogP contribution in [0.5, 0.6) is 0 Å². The van der Waals surface area contributed by atoms with Crippen molar-refractivity contribution in [3.63, 3.8) is 0 Å². The van der Waals surface area contributed by atoms with Crippen LogP contribution in [0.1, 0.15) is 24.8 Å². The zero-order valence-corrected chi connectivity index (χ0v) is 11.5. The van der Waals surface area contributed by atoms with E-state index in [4.69, 9.17) is 5.73 Å². The molecule has 0 bridgehead atoms. The Morgan fingerprint density at radius 1 is 1.11 bits per heavy atom. The van der Waals surface area contributed by atoms with Crippen LogP contribution in [0.2, 0.25) is 0 Å². The number of aromatic nitrogens is 1. The molecule has 2 N–H and O–H groups in total. The molecule has 104 valence electrons. The third-order valence-electron chi connectivity index (χ3n) is 4.49. The quantitative estimate of drug-likeness (QED) is 0.883. The van der Waals surface area contributed by atoms with Gasteiger partial charge in [-0.2, -0.15) is 0 Å². The van der Waals surface area contributed by atoms with E-state index in [1.165, 1.54) is 51.0 Å². The van der Waals surface area contributed by atoms with Gasteiger partial charge in [0, 0.05) is 44.1 Å². The maximum Gasteiger partial charge on any atom is 0.0271 e. The number of hydrogen-bond donors (Lipinski definition) is 1. The van der Waals surface area contributed by atoms with Crippen molar-refractivity contribution in [3.05, 3.63) is 30.1 Å². The maximum atomic E-state index is 5.98. The lowest BCUT2D eigenvalue weighted by Crippen LogP contribution is -2.46. The molecule has 19 heavy (non-hydrogen) atoms. The molecule has 1 atom stereocenters. The summed E-state index contributed by atoms with van der Waals surface area (Å²) in [5.74, 6) is 0. The molecule has 1 aromatic rings. The normalized spacial score (nSPS) is 26.9. The fourth-order valence-electron chi connectivity index (χ4n) is 3.28. The van der Waals surface area contributed by atoms with Crippen LogP contribution >= 0.6 is 0 Å². The lowest BCUT2D eigenvalue weighted by Gasteiger charge is -2.34. The summed E-state index contributed by atoms with van der Waals surface area (Å²) in [5, 5.41) is 0. The third kappa shape index (κ3) is 3.32. The van der Waals surface area contributed by atoms with E-state index in [1.54, 1.807) is 0 Å². The number of nitrogens with two attached hydrogens (primary N) is 1. The summed E-state index contributed by atoms with van der Waals surface area (Å²) in [6.07, 6.45) is 7.41. The molecule has 2 fully saturated rings. The molecule has 3 heterocycles. The molecule has 2 aliphatic heterocycles. The van der Waals surface area contributed by atoms with Crippen molar-refractivity contribution in [2.45, 2.75) is 37.9 Å². The van der Waals surface area contributed by atoms with Crippen molar-refractivity contribution in [1.29, 1.82) is 0 Å². The molecule has 3 rings (SSSR count). The molecular weight excluding hydrogens is 236 g/mol. The van der Waals surface area contributed by atoms with Gasteiger partial charge in [-0.1, -0.05) is 0 Å². The van der Waals surface area contributed by atoms with E-state index < -0.39 is 0 Å². The van der Waals surface area contributed by atoms with Gasteiger partial charge >= 0.3 is 0 Å². The Bertz CT molecular complexity index is 386. The predicted octanol–water partition coefficient (Wildman–Crippen LogP) is 1.08. The van der Waals surface area contributed by atoms with Crippen LogP contribution in [0.15, 0.2) is 24.5 Å². The lowest BCUT2D eigenvalue weighted by atomic mass is 10.0. The van der Waals surface area contributed by atoms with Crippen molar-refractivity contribution in [2.75, 3.05) is 26.2 Å². The summed E-state index contributed by atoms with van der Waals surface area (Å²) in [4.78, 5) is 9.29. The van der Waals surface area contributed by atoms with E-state index in [-0.39, 0.29) is 0 Å². The van der Waals surface area contributed by atoms with Gasteiger partial charge in [0.05, 0.1) is 0 Å². The van der Waals surface area contributed by atoms with E-state index in [9.17, 15) is 0 Å². The van der Waals surface area contributed by atoms with Crippen molar-refractivity contribution in [3.8, 4) is 0 Å². The van der Waals surface area contributed by atoms with E-state index in [2.05, 4.69) is 26.9 Å². The van der Waals surface area contributed by atoms with Crippen molar-refractivity contribution in [2.24, 2.45) is 5.73 Å². The molecule has 0 saturated carbocycles. The standard InChI is InChI=1S/C15H24N4/c16-14-3-9-19(10-4-14)15-5-8-18(12-15)11-13-1-6-17-7-2-13/h1-2,6-7,14-15H,3-5,8-12,16H2. The Labute approximate surface area is 115 Å². The summed E-state index contributed by atoms with van der Waals surface area (Å²) >= 11 is 0. The molecule has 4 heteroatoms. The van der Waals surface area contributed by atoms with Gasteiger partial charge in [-0.25, -0.2) is 0 Å². The predicted molar refractivity (Wildman–Crippen MR) is 76.7 cm³/mol. The minimum atomic E-state index is 0.436. The monoisotopic (exact) mass is 260 g/mol. The van der Waals surface area contributed by atoms with Gasteiger partial charge in [-0.05, 0) is 50.0 Å². The first-order chi connectivity index (χ1) is 9.31. The fraction of sp³-hybridized carbons (Fsp3) is 0.667. The Balaban J connectivity index is 1.50. The van der Waals surface area contributed by atoms with Gasteiger partial charge in [0.1, 0.15) is 0 Å². The summed E-state index contributed by atoms with van der Waals surface area (Å²) in [6.45, 7) is 5.86. The Kier molecular flexibility index (Phi) is 4.11. The van der Waals surface area contributed by atoms with Gasteiger partial charge in [-0.15, -0.1) is 0 Å². The molecule has 0 aliphatic carbocycles. The molecule has 0 radical (unpaired) electrons. The number of rotatable bonds is 3. The lowest BCUT2D eigenvalue weighted by molar-refractivity contribution is 0.151. The van der Waals surface area contributed by atoms with Crippen LogP contribution in [0.25, 0.3) is 0 Å². The molecule has 1 aromatic heterocycles. The molecule has 2 aliphatic rings. The zero-order chi connectivity index (χ0) is 13.1. The first-order valence-corrected chi connectivity index (χ1v) is 7.42. The number of hydrogen-bond acceptors (Lipinski definition) is 4. The van der Waals surface area contributed by atoms with Gasteiger partial charge in [0.25, 0.3) is 0 Å². The zero-order valence-electron chi connectivity index (χ0n) is 11.5. The second-order valence-corrected chi connectivity index (χ2v) is 5.91.